The Morgan fingerprint density at radius 2 is 0.894 bits per heavy atom. The predicted octanol–water partition coefficient (Wildman–Crippen LogP) is 12.0. The van der Waals surface area contributed by atoms with Gasteiger partial charge in [0.05, 0.1) is 22.3 Å². The molecule has 1 unspecified atom stereocenters. The summed E-state index contributed by atoms with van der Waals surface area (Å²) in [5.74, 6) is -1.17. The summed E-state index contributed by atoms with van der Waals surface area (Å²) in [6.07, 6.45) is -19.3. The van der Waals surface area contributed by atoms with Crippen molar-refractivity contribution < 1.29 is 52.7 Å². The van der Waals surface area contributed by atoms with Crippen LogP contribution in [0.2, 0.25) is 0 Å². The van der Waals surface area contributed by atoms with Crippen molar-refractivity contribution in [2.45, 2.75) is 37.5 Å². The Hall–Kier alpha value is -4.48. The van der Waals surface area contributed by atoms with E-state index >= 15 is 0 Å². The maximum atomic E-state index is 13.9. The van der Waals surface area contributed by atoms with Gasteiger partial charge in [-0.25, -0.2) is 0 Å². The molecule has 2 aliphatic rings. The lowest BCUT2D eigenvalue weighted by molar-refractivity contribution is -0.144. The number of halogens is 12. The van der Waals surface area contributed by atoms with Gasteiger partial charge in [-0.15, -0.1) is 0 Å². The lowest BCUT2D eigenvalue weighted by Gasteiger charge is -2.24. The highest BCUT2D eigenvalue weighted by Gasteiger charge is 2.43. The predicted molar refractivity (Wildman–Crippen MR) is 151 cm³/mol. The van der Waals surface area contributed by atoms with Gasteiger partial charge in [0.25, 0.3) is 0 Å². The molecule has 0 amide bonds. The summed E-state index contributed by atoms with van der Waals surface area (Å²) in [6.45, 7) is 1.50. The molecule has 4 aromatic rings. The lowest BCUT2D eigenvalue weighted by atomic mass is 9.79. The van der Waals surface area contributed by atoms with E-state index in [1.165, 1.54) is 13.3 Å². The van der Waals surface area contributed by atoms with Crippen molar-refractivity contribution in [3.05, 3.63) is 147 Å². The molecule has 0 N–H and O–H groups in total. The highest BCUT2D eigenvalue weighted by atomic mass is 19.4. The van der Waals surface area contributed by atoms with Crippen LogP contribution in [0.1, 0.15) is 68.5 Å². The van der Waals surface area contributed by atoms with Gasteiger partial charge in [-0.2, -0.15) is 52.7 Å². The van der Waals surface area contributed by atoms with Crippen LogP contribution in [0.5, 0.6) is 0 Å². The third-order valence-corrected chi connectivity index (χ3v) is 8.30. The van der Waals surface area contributed by atoms with E-state index in [1.807, 2.05) is 0 Å². The Morgan fingerprint density at radius 3 is 1.38 bits per heavy atom. The number of fused-ring (bicyclic) bond motifs is 2. The maximum absolute atomic E-state index is 13.9. The molecule has 0 fully saturated rings. The second-order valence-corrected chi connectivity index (χ2v) is 11.2. The summed E-state index contributed by atoms with van der Waals surface area (Å²) < 4.78 is 167. The fourth-order valence-electron chi connectivity index (χ4n) is 6.31. The van der Waals surface area contributed by atoms with Gasteiger partial charge in [0.15, 0.2) is 0 Å². The van der Waals surface area contributed by atoms with Crippen LogP contribution in [0.15, 0.2) is 84.9 Å². The first-order chi connectivity index (χ1) is 21.7. The van der Waals surface area contributed by atoms with Crippen LogP contribution >= 0.6 is 0 Å². The van der Waals surface area contributed by atoms with Crippen LogP contribution in [0.3, 0.4) is 0 Å². The zero-order valence-electron chi connectivity index (χ0n) is 23.8. The average Bonchev–Trinajstić information content (AvgIpc) is 3.50. The first-order valence-electron chi connectivity index (χ1n) is 13.8. The number of hydrogen-bond acceptors (Lipinski definition) is 0. The van der Waals surface area contributed by atoms with Gasteiger partial charge in [-0.3, -0.25) is 0 Å². The topological polar surface area (TPSA) is 0 Å². The van der Waals surface area contributed by atoms with Crippen molar-refractivity contribution in [3.8, 4) is 0 Å². The SMILES string of the molecule is CC1=C(c2cc(C(F)(F)F)cc(C(F)(F)F)c2)C(C2=C(c3cc(C(F)(F)F)cc(C(F)(F)F)c3)[CH]c3ccccc32)c2ccccc21. The number of allylic oxidation sites excluding steroid dienone is 4. The van der Waals surface area contributed by atoms with Crippen molar-refractivity contribution in [2.24, 2.45) is 0 Å². The standard InChI is InChI=1S/C35H19F12/c1-17-25-7-4-5-9-27(25)31(29(17)20-12-23(34(42,43)44)16-24(13-20)35(45,46)47)30-26-8-3-2-6-18(26)14-28(30)19-10-21(32(36,37)38)15-22(11-19)33(39,40)41/h2-16,31H,1H3. The third-order valence-electron chi connectivity index (χ3n) is 8.30. The molecule has 4 aromatic carbocycles. The maximum Gasteiger partial charge on any atom is 0.416 e. The van der Waals surface area contributed by atoms with E-state index in [2.05, 4.69) is 0 Å². The number of rotatable bonds is 3. The smallest absolute Gasteiger partial charge is 0.166 e. The molecular weight excluding hydrogens is 648 g/mol. The summed E-state index contributed by atoms with van der Waals surface area (Å²) in [5.41, 5.74) is -5.25. The van der Waals surface area contributed by atoms with E-state index in [0.717, 1.165) is 0 Å². The second-order valence-electron chi connectivity index (χ2n) is 11.2. The first-order valence-corrected chi connectivity index (χ1v) is 13.8. The van der Waals surface area contributed by atoms with Crippen molar-refractivity contribution in [1.82, 2.24) is 0 Å². The van der Waals surface area contributed by atoms with E-state index in [9.17, 15) is 52.7 Å². The van der Waals surface area contributed by atoms with Crippen LogP contribution in [-0.2, 0) is 24.7 Å². The molecule has 0 aromatic heterocycles. The van der Waals surface area contributed by atoms with E-state index < -0.39 is 64.0 Å². The second kappa shape index (κ2) is 10.8. The molecule has 1 radical (unpaired) electrons. The van der Waals surface area contributed by atoms with Gasteiger partial charge in [0.2, 0.25) is 0 Å². The molecule has 2 aliphatic carbocycles. The monoisotopic (exact) mass is 667 g/mol. The molecule has 0 heterocycles. The molecule has 0 nitrogen and oxygen atoms in total. The first kappa shape index (κ1) is 32.5. The van der Waals surface area contributed by atoms with Gasteiger partial charge in [0.1, 0.15) is 0 Å². The van der Waals surface area contributed by atoms with E-state index in [1.54, 1.807) is 48.5 Å². The third kappa shape index (κ3) is 5.82. The Labute approximate surface area is 259 Å². The summed E-state index contributed by atoms with van der Waals surface area (Å²) in [7, 11) is 0. The zero-order valence-corrected chi connectivity index (χ0v) is 23.8. The normalized spacial score (nSPS) is 17.0. The van der Waals surface area contributed by atoms with Gasteiger partial charge in [-0.05, 0) is 99.0 Å². The summed E-state index contributed by atoms with van der Waals surface area (Å²) in [4.78, 5) is 0. The molecule has 243 valence electrons. The lowest BCUT2D eigenvalue weighted by Crippen LogP contribution is -2.13. The summed E-state index contributed by atoms with van der Waals surface area (Å²) in [5, 5.41) is 0. The van der Waals surface area contributed by atoms with Crippen LogP contribution in [0.25, 0.3) is 22.3 Å². The van der Waals surface area contributed by atoms with Crippen molar-refractivity contribution in [1.29, 1.82) is 0 Å². The van der Waals surface area contributed by atoms with Crippen LogP contribution in [-0.4, -0.2) is 0 Å². The molecule has 0 aliphatic heterocycles. The minimum absolute atomic E-state index is 0.00317. The van der Waals surface area contributed by atoms with Gasteiger partial charge >= 0.3 is 24.7 Å². The number of benzene rings is 4. The molecule has 0 bridgehead atoms. The highest BCUT2D eigenvalue weighted by Crippen LogP contribution is 2.58. The van der Waals surface area contributed by atoms with Crippen LogP contribution in [0.4, 0.5) is 52.7 Å². The molecule has 12 heteroatoms. The minimum Gasteiger partial charge on any atom is -0.166 e. The van der Waals surface area contributed by atoms with Gasteiger partial charge in [0, 0.05) is 12.3 Å². The molecule has 6 rings (SSSR count). The summed E-state index contributed by atoms with van der Waals surface area (Å²) in [6, 6.07) is 14.8. The van der Waals surface area contributed by atoms with Gasteiger partial charge < -0.3 is 0 Å². The largest absolute Gasteiger partial charge is 0.416 e. The van der Waals surface area contributed by atoms with Crippen molar-refractivity contribution in [3.63, 3.8) is 0 Å². The zero-order chi connectivity index (χ0) is 34.3. The minimum atomic E-state index is -5.17. The van der Waals surface area contributed by atoms with Crippen LogP contribution < -0.4 is 0 Å². The average molecular weight is 668 g/mol. The molecule has 1 atom stereocenters. The molecule has 0 spiro atoms. The molecule has 0 saturated carbocycles. The fraction of sp³-hybridized carbons (Fsp3) is 0.171. The molecular formula is C35H19F12. The Bertz CT molecular complexity index is 1900. The Morgan fingerprint density at radius 1 is 0.468 bits per heavy atom. The van der Waals surface area contributed by atoms with E-state index in [-0.39, 0.29) is 28.9 Å². The van der Waals surface area contributed by atoms with Gasteiger partial charge in [-0.1, -0.05) is 48.5 Å². The quantitative estimate of drug-likeness (QED) is 0.191. The summed E-state index contributed by atoms with van der Waals surface area (Å²) >= 11 is 0. The fourth-order valence-corrected chi connectivity index (χ4v) is 6.31. The number of alkyl halides is 12. The molecule has 47 heavy (non-hydrogen) atoms. The van der Waals surface area contributed by atoms with Crippen molar-refractivity contribution >= 4 is 22.3 Å². The van der Waals surface area contributed by atoms with Crippen LogP contribution in [0, 0.1) is 6.42 Å². The molecule has 0 saturated heterocycles. The van der Waals surface area contributed by atoms with Crippen molar-refractivity contribution in [2.75, 3.05) is 0 Å². The van der Waals surface area contributed by atoms with E-state index in [4.69, 9.17) is 0 Å². The van der Waals surface area contributed by atoms with E-state index in [0.29, 0.717) is 52.1 Å². The highest BCUT2D eigenvalue weighted by molar-refractivity contribution is 6.13. The Kier molecular flexibility index (Phi) is 7.45. The number of hydrogen-bond donors (Lipinski definition) is 0. The Balaban J connectivity index is 1.70.